The first kappa shape index (κ1) is 24.3. The normalized spacial score (nSPS) is 12.1. The number of H-pyrrole nitrogens is 1. The summed E-state index contributed by atoms with van der Waals surface area (Å²) < 4.78 is 5.70. The number of ether oxygens (including phenoxy) is 1. The number of halogens is 1. The number of nitrogens with one attached hydrogen (secondary N) is 3. The molecule has 35 heavy (non-hydrogen) atoms. The van der Waals surface area contributed by atoms with E-state index in [1.165, 1.54) is 0 Å². The monoisotopic (exact) mass is 492 g/mol. The Morgan fingerprint density at radius 1 is 1.00 bits per heavy atom. The number of amides is 2. The van der Waals surface area contributed by atoms with Crippen LogP contribution in [0.2, 0.25) is 5.02 Å². The van der Waals surface area contributed by atoms with Gasteiger partial charge in [0.05, 0.1) is 23.8 Å². The highest BCUT2D eigenvalue weighted by atomic mass is 35.5. The molecule has 1 atom stereocenters. The molecule has 3 aromatic carbocycles. The van der Waals surface area contributed by atoms with Crippen LogP contribution in [0.3, 0.4) is 0 Å². The van der Waals surface area contributed by atoms with Crippen molar-refractivity contribution in [3.63, 3.8) is 0 Å². The molecule has 1 unspecified atom stereocenters. The molecule has 0 aliphatic carbocycles. The summed E-state index contributed by atoms with van der Waals surface area (Å²) in [6.07, 6.45) is -0.0651. The smallest absolute Gasteiger partial charge is 0.256 e. The number of nitrogens with two attached hydrogens (primary N) is 1. The number of carbonyl (C=O) groups is 2. The predicted molar refractivity (Wildman–Crippen MR) is 139 cm³/mol. The Balaban J connectivity index is 1.68. The van der Waals surface area contributed by atoms with Crippen LogP contribution in [-0.4, -0.2) is 35.6 Å². The van der Waals surface area contributed by atoms with Crippen molar-refractivity contribution in [2.45, 2.75) is 26.0 Å². The van der Waals surface area contributed by atoms with E-state index in [-0.39, 0.29) is 29.7 Å². The van der Waals surface area contributed by atoms with Crippen molar-refractivity contribution in [1.29, 1.82) is 0 Å². The zero-order valence-corrected chi connectivity index (χ0v) is 20.0. The van der Waals surface area contributed by atoms with E-state index in [2.05, 4.69) is 15.6 Å². The van der Waals surface area contributed by atoms with Crippen molar-refractivity contribution in [3.05, 3.63) is 81.6 Å². The largest absolute Gasteiger partial charge is 0.376 e. The van der Waals surface area contributed by atoms with Crippen molar-refractivity contribution in [3.8, 4) is 0 Å². The fourth-order valence-electron chi connectivity index (χ4n) is 3.82. The van der Waals surface area contributed by atoms with Crippen molar-refractivity contribution in [2.24, 2.45) is 5.73 Å². The maximum atomic E-state index is 13.2. The number of aromatic amines is 1. The third-order valence-corrected chi connectivity index (χ3v) is 5.70. The van der Waals surface area contributed by atoms with Gasteiger partial charge in [0.1, 0.15) is 6.04 Å². The van der Waals surface area contributed by atoms with Crippen LogP contribution in [0.5, 0.6) is 0 Å². The standard InChI is InChI=1S/C26H25ClN4O4/c1-14(2)35-13-22(29-16-6-3-5-15(27)11-16)26(34)30-17-9-10-19-21(12-17)18-7-4-8-20(24(28)32)23(18)31-25(19)33/h3-12,14,22,29H,13H2,1-2H3,(H2,28,32)(H,30,34)(H,31,33). The SMILES string of the molecule is CC(C)OCC(Nc1cccc(Cl)c1)C(=O)Nc1ccc2c(=O)[nH]c3c(C(N)=O)cccc3c2c1. The van der Waals surface area contributed by atoms with Crippen LogP contribution < -0.4 is 21.9 Å². The molecule has 0 aliphatic heterocycles. The average molecular weight is 493 g/mol. The predicted octanol–water partition coefficient (Wildman–Crippen LogP) is 4.28. The quantitative estimate of drug-likeness (QED) is 0.273. The number of para-hydroxylation sites is 1. The lowest BCUT2D eigenvalue weighted by atomic mass is 10.0. The maximum absolute atomic E-state index is 13.2. The van der Waals surface area contributed by atoms with Gasteiger partial charge in [-0.3, -0.25) is 14.4 Å². The van der Waals surface area contributed by atoms with Crippen LogP contribution in [0.15, 0.2) is 65.5 Å². The summed E-state index contributed by atoms with van der Waals surface area (Å²) in [5.41, 5.74) is 6.86. The van der Waals surface area contributed by atoms with Gasteiger partial charge in [-0.15, -0.1) is 0 Å². The molecule has 2 amide bonds. The van der Waals surface area contributed by atoms with Crippen LogP contribution in [0, 0.1) is 0 Å². The number of aromatic nitrogens is 1. The van der Waals surface area contributed by atoms with Gasteiger partial charge in [-0.05, 0) is 61.7 Å². The summed E-state index contributed by atoms with van der Waals surface area (Å²) in [6, 6.07) is 16.4. The van der Waals surface area contributed by atoms with Gasteiger partial charge in [0, 0.05) is 27.2 Å². The highest BCUT2D eigenvalue weighted by molar-refractivity contribution is 6.30. The Morgan fingerprint density at radius 3 is 2.49 bits per heavy atom. The number of pyridine rings is 1. The number of hydrogen-bond donors (Lipinski definition) is 4. The number of fused-ring (bicyclic) bond motifs is 3. The number of rotatable bonds is 8. The highest BCUT2D eigenvalue weighted by Gasteiger charge is 2.20. The third-order valence-electron chi connectivity index (χ3n) is 5.47. The molecule has 0 aliphatic rings. The minimum Gasteiger partial charge on any atom is -0.376 e. The molecule has 9 heteroatoms. The average Bonchev–Trinajstić information content (AvgIpc) is 2.81. The van der Waals surface area contributed by atoms with E-state index in [0.717, 1.165) is 0 Å². The van der Waals surface area contributed by atoms with E-state index in [9.17, 15) is 14.4 Å². The van der Waals surface area contributed by atoms with Crippen LogP contribution in [0.1, 0.15) is 24.2 Å². The van der Waals surface area contributed by atoms with Crippen molar-refractivity contribution < 1.29 is 14.3 Å². The first-order valence-corrected chi connectivity index (χ1v) is 11.4. The number of hydrogen-bond acceptors (Lipinski definition) is 5. The van der Waals surface area contributed by atoms with E-state index < -0.39 is 11.9 Å². The van der Waals surface area contributed by atoms with E-state index in [1.807, 2.05) is 19.9 Å². The fourth-order valence-corrected chi connectivity index (χ4v) is 4.01. The minimum absolute atomic E-state index is 0.0651. The van der Waals surface area contributed by atoms with E-state index in [0.29, 0.717) is 38.1 Å². The van der Waals surface area contributed by atoms with Crippen LogP contribution in [-0.2, 0) is 9.53 Å². The molecule has 4 rings (SSSR count). The summed E-state index contributed by atoms with van der Waals surface area (Å²) in [7, 11) is 0. The van der Waals surface area contributed by atoms with Gasteiger partial charge in [0.2, 0.25) is 5.91 Å². The molecule has 0 fully saturated rings. The second-order valence-corrected chi connectivity index (χ2v) is 8.82. The first-order chi connectivity index (χ1) is 16.7. The topological polar surface area (TPSA) is 126 Å². The molecule has 8 nitrogen and oxygen atoms in total. The molecule has 5 N–H and O–H groups in total. The van der Waals surface area contributed by atoms with E-state index in [1.54, 1.807) is 54.6 Å². The van der Waals surface area contributed by atoms with Gasteiger partial charge in [-0.1, -0.05) is 29.8 Å². The maximum Gasteiger partial charge on any atom is 0.256 e. The summed E-state index contributed by atoms with van der Waals surface area (Å²) in [4.78, 5) is 40.5. The lowest BCUT2D eigenvalue weighted by molar-refractivity contribution is -0.118. The van der Waals surface area contributed by atoms with Crippen molar-refractivity contribution >= 4 is 56.5 Å². The molecular weight excluding hydrogens is 468 g/mol. The fraction of sp³-hybridized carbons (Fsp3) is 0.192. The summed E-state index contributed by atoms with van der Waals surface area (Å²) >= 11 is 6.08. The number of carbonyl (C=O) groups excluding carboxylic acids is 2. The summed E-state index contributed by atoms with van der Waals surface area (Å²) in [5.74, 6) is -0.966. The van der Waals surface area contributed by atoms with Gasteiger partial charge >= 0.3 is 0 Å². The second-order valence-electron chi connectivity index (χ2n) is 8.39. The lowest BCUT2D eigenvalue weighted by Gasteiger charge is -2.21. The number of primary amides is 1. The molecule has 0 saturated carbocycles. The summed E-state index contributed by atoms with van der Waals surface area (Å²) in [6.45, 7) is 3.91. The first-order valence-electron chi connectivity index (χ1n) is 11.1. The molecular formula is C26H25ClN4O4. The molecule has 0 bridgehead atoms. The van der Waals surface area contributed by atoms with E-state index >= 15 is 0 Å². The molecule has 1 aromatic heterocycles. The van der Waals surface area contributed by atoms with Crippen LogP contribution >= 0.6 is 11.6 Å². The zero-order chi connectivity index (χ0) is 25.1. The molecule has 4 aromatic rings. The number of anilines is 2. The van der Waals surface area contributed by atoms with Crippen molar-refractivity contribution in [2.75, 3.05) is 17.2 Å². The van der Waals surface area contributed by atoms with Crippen LogP contribution in [0.4, 0.5) is 11.4 Å². The highest BCUT2D eigenvalue weighted by Crippen LogP contribution is 2.26. The Morgan fingerprint density at radius 2 is 1.77 bits per heavy atom. The third kappa shape index (κ3) is 5.45. The number of benzene rings is 3. The van der Waals surface area contributed by atoms with Crippen LogP contribution in [0.25, 0.3) is 21.7 Å². The van der Waals surface area contributed by atoms with Gasteiger partial charge in [-0.25, -0.2) is 0 Å². The molecule has 1 heterocycles. The van der Waals surface area contributed by atoms with Gasteiger partial charge in [0.15, 0.2) is 0 Å². The molecule has 0 radical (unpaired) electrons. The van der Waals surface area contributed by atoms with Gasteiger partial charge in [0.25, 0.3) is 11.5 Å². The summed E-state index contributed by atoms with van der Waals surface area (Å²) in [5, 5.41) is 8.25. The second kappa shape index (κ2) is 10.2. The van der Waals surface area contributed by atoms with E-state index in [4.69, 9.17) is 22.1 Å². The Kier molecular flexibility index (Phi) is 7.04. The Bertz CT molecular complexity index is 1480. The molecule has 180 valence electrons. The van der Waals surface area contributed by atoms with Gasteiger partial charge < -0.3 is 26.1 Å². The van der Waals surface area contributed by atoms with Gasteiger partial charge in [-0.2, -0.15) is 0 Å². The minimum atomic E-state index is -0.705. The Labute approximate surface area is 206 Å². The lowest BCUT2D eigenvalue weighted by Crippen LogP contribution is -2.39. The Hall–Kier alpha value is -3.88. The van der Waals surface area contributed by atoms with Crippen molar-refractivity contribution in [1.82, 2.24) is 4.98 Å². The molecule has 0 spiro atoms. The molecule has 0 saturated heterocycles. The zero-order valence-electron chi connectivity index (χ0n) is 19.2.